The maximum absolute atomic E-state index is 12.7. The van der Waals surface area contributed by atoms with Crippen LogP contribution in [0.4, 0.5) is 5.69 Å². The molecule has 0 aliphatic heterocycles. The number of nitrogens with zero attached hydrogens (tertiary/aromatic N) is 3. The number of amides is 1. The van der Waals surface area contributed by atoms with E-state index < -0.39 is 0 Å². The lowest BCUT2D eigenvalue weighted by molar-refractivity contribution is 0.0735. The third-order valence-corrected chi connectivity index (χ3v) is 4.62. The fourth-order valence-electron chi connectivity index (χ4n) is 2.20. The van der Waals surface area contributed by atoms with Crippen molar-refractivity contribution in [3.05, 3.63) is 28.8 Å². The minimum atomic E-state index is -0.0811. The predicted octanol–water partition coefficient (Wildman–Crippen LogP) is 2.93. The molecule has 2 aromatic heterocycles. The van der Waals surface area contributed by atoms with E-state index in [2.05, 4.69) is 16.8 Å². The monoisotopic (exact) mass is 304 g/mol. The van der Waals surface area contributed by atoms with Crippen LogP contribution in [-0.2, 0) is 0 Å². The summed E-state index contributed by atoms with van der Waals surface area (Å²) in [5, 5.41) is 9.10. The van der Waals surface area contributed by atoms with Crippen LogP contribution in [-0.4, -0.2) is 33.6 Å². The predicted molar refractivity (Wildman–Crippen MR) is 87.7 cm³/mol. The van der Waals surface area contributed by atoms with Gasteiger partial charge < -0.3 is 10.6 Å². The number of aromatic nitrogens is 2. The first-order valence-corrected chi connectivity index (χ1v) is 7.63. The fraction of sp³-hybridized carbons (Fsp3) is 0.400. The molecule has 0 saturated heterocycles. The molecule has 2 heterocycles. The Balaban J connectivity index is 2.56. The van der Waals surface area contributed by atoms with Gasteiger partial charge in [0.2, 0.25) is 0 Å². The molecule has 0 aromatic carbocycles. The van der Waals surface area contributed by atoms with Crippen molar-refractivity contribution >= 4 is 33.1 Å². The Bertz CT molecular complexity index is 705. The number of thiophene rings is 1. The van der Waals surface area contributed by atoms with Crippen molar-refractivity contribution in [2.75, 3.05) is 12.3 Å². The molecule has 0 bridgehead atoms. The molecule has 21 heavy (non-hydrogen) atoms. The Hall–Kier alpha value is -1.95. The average Bonchev–Trinajstić information content (AvgIpc) is 2.77. The molecule has 1 amide bonds. The molecule has 0 spiro atoms. The number of nitrogens with two attached hydrogens (primary N) is 1. The zero-order valence-electron chi connectivity index (χ0n) is 12.8. The molecule has 2 rings (SSSR count). The number of fused-ring (bicyclic) bond motifs is 1. The molecule has 2 aromatic rings. The number of rotatable bonds is 4. The van der Waals surface area contributed by atoms with E-state index in [1.54, 1.807) is 11.0 Å². The quantitative estimate of drug-likeness (QED) is 0.882. The van der Waals surface area contributed by atoms with E-state index in [9.17, 15) is 4.79 Å². The van der Waals surface area contributed by atoms with Gasteiger partial charge in [-0.25, -0.2) is 0 Å². The van der Waals surface area contributed by atoms with Gasteiger partial charge in [-0.1, -0.05) is 6.08 Å². The van der Waals surface area contributed by atoms with Crippen molar-refractivity contribution in [1.82, 2.24) is 15.1 Å². The van der Waals surface area contributed by atoms with Crippen molar-refractivity contribution in [2.24, 2.45) is 0 Å². The van der Waals surface area contributed by atoms with Gasteiger partial charge in [0.05, 0.1) is 11.4 Å². The van der Waals surface area contributed by atoms with Crippen LogP contribution in [0, 0.1) is 13.8 Å². The molecular formula is C15H20N4OS. The van der Waals surface area contributed by atoms with E-state index in [1.165, 1.54) is 11.3 Å². The van der Waals surface area contributed by atoms with E-state index in [4.69, 9.17) is 5.73 Å². The number of aryl methyl sites for hydroxylation is 2. The third-order valence-electron chi connectivity index (χ3n) is 3.54. The van der Waals surface area contributed by atoms with Crippen LogP contribution in [0.25, 0.3) is 10.2 Å². The summed E-state index contributed by atoms with van der Waals surface area (Å²) >= 11 is 1.30. The second kappa shape index (κ2) is 5.81. The van der Waals surface area contributed by atoms with E-state index in [0.29, 0.717) is 21.9 Å². The van der Waals surface area contributed by atoms with Crippen molar-refractivity contribution in [3.8, 4) is 0 Å². The van der Waals surface area contributed by atoms with Crippen LogP contribution >= 0.6 is 11.3 Å². The van der Waals surface area contributed by atoms with Gasteiger partial charge in [0.1, 0.15) is 9.71 Å². The molecule has 0 saturated carbocycles. The Morgan fingerprint density at radius 1 is 1.43 bits per heavy atom. The molecule has 2 N–H and O–H groups in total. The summed E-state index contributed by atoms with van der Waals surface area (Å²) in [6.45, 7) is 12.0. The summed E-state index contributed by atoms with van der Waals surface area (Å²) in [6.07, 6.45) is 1.72. The maximum atomic E-state index is 12.7. The highest BCUT2D eigenvalue weighted by molar-refractivity contribution is 7.21. The smallest absolute Gasteiger partial charge is 0.266 e. The zero-order valence-corrected chi connectivity index (χ0v) is 13.6. The lowest BCUT2D eigenvalue weighted by atomic mass is 10.1. The van der Waals surface area contributed by atoms with Crippen LogP contribution in [0.1, 0.15) is 34.8 Å². The SMILES string of the molecule is C=CCN(C(=O)c1sc2nnc(C)c(C)c2c1N)C(C)C. The largest absolute Gasteiger partial charge is 0.397 e. The number of hydrogen-bond donors (Lipinski definition) is 1. The topological polar surface area (TPSA) is 72.1 Å². The normalized spacial score (nSPS) is 11.1. The van der Waals surface area contributed by atoms with Gasteiger partial charge in [0.15, 0.2) is 0 Å². The van der Waals surface area contributed by atoms with Gasteiger partial charge >= 0.3 is 0 Å². The Morgan fingerprint density at radius 2 is 2.10 bits per heavy atom. The molecule has 112 valence electrons. The molecule has 0 unspecified atom stereocenters. The van der Waals surface area contributed by atoms with Crippen molar-refractivity contribution in [3.63, 3.8) is 0 Å². The molecule has 0 aliphatic rings. The summed E-state index contributed by atoms with van der Waals surface area (Å²) in [7, 11) is 0. The van der Waals surface area contributed by atoms with E-state index in [1.807, 2.05) is 27.7 Å². The highest BCUT2D eigenvalue weighted by atomic mass is 32.1. The van der Waals surface area contributed by atoms with E-state index in [-0.39, 0.29) is 11.9 Å². The molecule has 5 nitrogen and oxygen atoms in total. The molecule has 0 radical (unpaired) electrons. The Kier molecular flexibility index (Phi) is 4.27. The van der Waals surface area contributed by atoms with Crippen LogP contribution in [0.5, 0.6) is 0 Å². The minimum absolute atomic E-state index is 0.0778. The van der Waals surface area contributed by atoms with Gasteiger partial charge in [0, 0.05) is 18.0 Å². The number of hydrogen-bond acceptors (Lipinski definition) is 5. The van der Waals surface area contributed by atoms with E-state index >= 15 is 0 Å². The molecule has 0 fully saturated rings. The number of carbonyl (C=O) groups is 1. The van der Waals surface area contributed by atoms with Gasteiger partial charge in [-0.3, -0.25) is 4.79 Å². The first-order chi connectivity index (χ1) is 9.88. The molecule has 0 aliphatic carbocycles. The second-order valence-corrected chi connectivity index (χ2v) is 6.27. The first-order valence-electron chi connectivity index (χ1n) is 6.82. The zero-order chi connectivity index (χ0) is 15.7. The number of carbonyl (C=O) groups excluding carboxylic acids is 1. The van der Waals surface area contributed by atoms with Crippen molar-refractivity contribution < 1.29 is 4.79 Å². The number of nitrogen functional groups attached to an aromatic ring is 1. The maximum Gasteiger partial charge on any atom is 0.266 e. The Morgan fingerprint density at radius 3 is 2.67 bits per heavy atom. The highest BCUT2D eigenvalue weighted by Gasteiger charge is 2.25. The Labute approximate surface area is 128 Å². The summed E-state index contributed by atoms with van der Waals surface area (Å²) in [4.78, 5) is 15.7. The molecule has 0 atom stereocenters. The van der Waals surface area contributed by atoms with Gasteiger partial charge in [-0.2, -0.15) is 5.10 Å². The lowest BCUT2D eigenvalue weighted by Crippen LogP contribution is -2.36. The van der Waals surface area contributed by atoms with Gasteiger partial charge in [0.25, 0.3) is 5.91 Å². The first kappa shape index (κ1) is 15.4. The van der Waals surface area contributed by atoms with Crippen LogP contribution in [0.3, 0.4) is 0 Å². The standard InChI is InChI=1S/C15H20N4OS/c1-6-7-19(8(2)3)15(20)13-12(16)11-9(4)10(5)17-18-14(11)21-13/h6,8H,1,7,16H2,2-5H3. The molecular weight excluding hydrogens is 284 g/mol. The summed E-state index contributed by atoms with van der Waals surface area (Å²) in [6, 6.07) is 0.0778. The average molecular weight is 304 g/mol. The fourth-order valence-corrected chi connectivity index (χ4v) is 3.25. The van der Waals surface area contributed by atoms with Crippen molar-refractivity contribution in [2.45, 2.75) is 33.7 Å². The van der Waals surface area contributed by atoms with Crippen LogP contribution in [0.2, 0.25) is 0 Å². The highest BCUT2D eigenvalue weighted by Crippen LogP contribution is 2.35. The number of anilines is 1. The third kappa shape index (κ3) is 2.63. The van der Waals surface area contributed by atoms with Crippen molar-refractivity contribution in [1.29, 1.82) is 0 Å². The molecule has 6 heteroatoms. The van der Waals surface area contributed by atoms with E-state index in [0.717, 1.165) is 16.6 Å². The van der Waals surface area contributed by atoms with Gasteiger partial charge in [-0.05, 0) is 33.3 Å². The summed E-state index contributed by atoms with van der Waals surface area (Å²) < 4.78 is 0. The van der Waals surface area contributed by atoms with Gasteiger partial charge in [-0.15, -0.1) is 23.0 Å². The summed E-state index contributed by atoms with van der Waals surface area (Å²) in [5.41, 5.74) is 8.53. The van der Waals surface area contributed by atoms with Crippen LogP contribution < -0.4 is 5.73 Å². The minimum Gasteiger partial charge on any atom is -0.397 e. The van der Waals surface area contributed by atoms with Crippen LogP contribution in [0.15, 0.2) is 12.7 Å². The summed E-state index contributed by atoms with van der Waals surface area (Å²) in [5.74, 6) is -0.0811. The lowest BCUT2D eigenvalue weighted by Gasteiger charge is -2.24. The second-order valence-electron chi connectivity index (χ2n) is 5.28.